The second-order valence-corrected chi connectivity index (χ2v) is 4.98. The molecule has 1 aromatic heterocycles. The van der Waals surface area contributed by atoms with Gasteiger partial charge in [-0.1, -0.05) is 60.7 Å². The van der Waals surface area contributed by atoms with Crippen LogP contribution in [0, 0.1) is 0 Å². The largest absolute Gasteiger partial charge is 0.468 e. The van der Waals surface area contributed by atoms with Crippen LogP contribution in [0.15, 0.2) is 70.3 Å². The number of nitrogens with one attached hydrogen (secondary N) is 1. The number of benzene rings is 2. The molecule has 0 saturated heterocycles. The molecule has 2 aromatic carbocycles. The normalized spacial score (nSPS) is 10.4. The van der Waals surface area contributed by atoms with Gasteiger partial charge in [-0.15, -0.1) is 5.10 Å². The van der Waals surface area contributed by atoms with Crippen molar-refractivity contribution in [3.05, 3.63) is 92.6 Å². The van der Waals surface area contributed by atoms with E-state index in [2.05, 4.69) is 10.1 Å². The third-order valence-corrected chi connectivity index (χ3v) is 3.25. The van der Waals surface area contributed by atoms with Crippen molar-refractivity contribution in [3.63, 3.8) is 0 Å². The molecule has 0 saturated carbocycles. The highest BCUT2D eigenvalue weighted by atomic mass is 16.5. The first-order valence-electron chi connectivity index (χ1n) is 7.14. The third-order valence-electron chi connectivity index (χ3n) is 3.25. The van der Waals surface area contributed by atoms with E-state index in [4.69, 9.17) is 4.74 Å². The topological polar surface area (TPSA) is 77.0 Å². The van der Waals surface area contributed by atoms with Crippen LogP contribution in [-0.4, -0.2) is 14.8 Å². The molecule has 0 spiro atoms. The molecule has 0 aliphatic carbocycles. The average Bonchev–Trinajstić information content (AvgIpc) is 2.58. The first-order chi connectivity index (χ1) is 11.2. The van der Waals surface area contributed by atoms with Crippen LogP contribution in [0.4, 0.5) is 0 Å². The molecule has 3 aromatic rings. The van der Waals surface area contributed by atoms with Crippen molar-refractivity contribution in [2.24, 2.45) is 0 Å². The van der Waals surface area contributed by atoms with E-state index in [-0.39, 0.29) is 19.0 Å². The Labute approximate surface area is 132 Å². The molecule has 6 nitrogen and oxygen atoms in total. The molecule has 6 heteroatoms. The standard InChI is InChI=1S/C17H15N3O3/c21-15-16(23-12-14-9-5-2-6-10-14)19-20(17(22)18-15)11-13-7-3-1-4-8-13/h1-10H,11-12H2,(H,18,21,22). The summed E-state index contributed by atoms with van der Waals surface area (Å²) in [7, 11) is 0. The van der Waals surface area contributed by atoms with Crippen LogP contribution < -0.4 is 16.0 Å². The second-order valence-electron chi connectivity index (χ2n) is 4.98. The third kappa shape index (κ3) is 3.74. The van der Waals surface area contributed by atoms with Gasteiger partial charge < -0.3 is 4.74 Å². The number of rotatable bonds is 5. The van der Waals surface area contributed by atoms with Crippen LogP contribution in [0.5, 0.6) is 5.88 Å². The Balaban J connectivity index is 1.82. The van der Waals surface area contributed by atoms with Crippen molar-refractivity contribution in [2.45, 2.75) is 13.2 Å². The van der Waals surface area contributed by atoms with Crippen LogP contribution in [0.3, 0.4) is 0 Å². The average molecular weight is 309 g/mol. The Morgan fingerprint density at radius 3 is 2.17 bits per heavy atom. The van der Waals surface area contributed by atoms with Crippen LogP contribution in [0.25, 0.3) is 0 Å². The highest BCUT2D eigenvalue weighted by Crippen LogP contribution is 2.04. The summed E-state index contributed by atoms with van der Waals surface area (Å²) in [4.78, 5) is 25.9. The van der Waals surface area contributed by atoms with Crippen LogP contribution in [0.1, 0.15) is 11.1 Å². The van der Waals surface area contributed by atoms with Crippen molar-refractivity contribution in [2.75, 3.05) is 0 Å². The minimum absolute atomic E-state index is 0.121. The lowest BCUT2D eigenvalue weighted by atomic mass is 10.2. The number of hydrogen-bond donors (Lipinski definition) is 1. The molecular formula is C17H15N3O3. The highest BCUT2D eigenvalue weighted by Gasteiger charge is 2.08. The summed E-state index contributed by atoms with van der Waals surface area (Å²) in [5, 5.41) is 4.02. The zero-order valence-corrected chi connectivity index (χ0v) is 12.3. The fraction of sp³-hybridized carbons (Fsp3) is 0.118. The van der Waals surface area contributed by atoms with Gasteiger partial charge in [-0.05, 0) is 11.1 Å². The van der Waals surface area contributed by atoms with Crippen molar-refractivity contribution in [1.29, 1.82) is 0 Å². The molecule has 0 unspecified atom stereocenters. The number of nitrogens with zero attached hydrogens (tertiary/aromatic N) is 2. The fourth-order valence-electron chi connectivity index (χ4n) is 2.10. The molecule has 0 radical (unpaired) electrons. The van der Waals surface area contributed by atoms with Gasteiger partial charge in [0.1, 0.15) is 6.61 Å². The van der Waals surface area contributed by atoms with E-state index in [9.17, 15) is 9.59 Å². The fourth-order valence-corrected chi connectivity index (χ4v) is 2.10. The molecule has 116 valence electrons. The molecule has 0 atom stereocenters. The molecule has 1 heterocycles. The first-order valence-corrected chi connectivity index (χ1v) is 7.14. The SMILES string of the molecule is O=c1[nH]c(=O)n(Cc2ccccc2)nc1OCc1ccccc1. The maximum absolute atomic E-state index is 11.9. The monoisotopic (exact) mass is 309 g/mol. The van der Waals surface area contributed by atoms with Gasteiger partial charge in [0.05, 0.1) is 6.54 Å². The summed E-state index contributed by atoms with van der Waals surface area (Å²) in [6.07, 6.45) is 0. The Morgan fingerprint density at radius 1 is 0.913 bits per heavy atom. The zero-order chi connectivity index (χ0) is 16.1. The van der Waals surface area contributed by atoms with E-state index in [1.165, 1.54) is 4.68 Å². The smallest absolute Gasteiger partial charge is 0.345 e. The maximum atomic E-state index is 11.9. The highest BCUT2D eigenvalue weighted by molar-refractivity contribution is 5.16. The number of aromatic nitrogens is 3. The van der Waals surface area contributed by atoms with Gasteiger partial charge >= 0.3 is 11.2 Å². The second kappa shape index (κ2) is 6.74. The van der Waals surface area contributed by atoms with E-state index in [0.717, 1.165) is 11.1 Å². The van der Waals surface area contributed by atoms with E-state index < -0.39 is 11.2 Å². The van der Waals surface area contributed by atoms with E-state index in [1.54, 1.807) is 0 Å². The zero-order valence-electron chi connectivity index (χ0n) is 12.3. The van der Waals surface area contributed by atoms with Gasteiger partial charge in [-0.3, -0.25) is 9.78 Å². The minimum atomic E-state index is -0.629. The van der Waals surface area contributed by atoms with Gasteiger partial charge in [0, 0.05) is 0 Å². The summed E-state index contributed by atoms with van der Waals surface area (Å²) >= 11 is 0. The predicted octanol–water partition coefficient (Wildman–Crippen LogP) is 1.56. The lowest BCUT2D eigenvalue weighted by Gasteiger charge is -2.08. The van der Waals surface area contributed by atoms with Crippen LogP contribution in [-0.2, 0) is 13.2 Å². The summed E-state index contributed by atoms with van der Waals surface area (Å²) < 4.78 is 6.62. The van der Waals surface area contributed by atoms with Gasteiger partial charge in [0.15, 0.2) is 0 Å². The van der Waals surface area contributed by atoms with E-state index >= 15 is 0 Å². The molecule has 0 amide bonds. The summed E-state index contributed by atoms with van der Waals surface area (Å²) in [6, 6.07) is 18.8. The Kier molecular flexibility index (Phi) is 4.33. The summed E-state index contributed by atoms with van der Waals surface area (Å²) in [5.41, 5.74) is 0.624. The molecule has 0 aliphatic heterocycles. The van der Waals surface area contributed by atoms with Gasteiger partial charge in [-0.25, -0.2) is 9.48 Å². The quantitative estimate of drug-likeness (QED) is 0.776. The Morgan fingerprint density at radius 2 is 1.52 bits per heavy atom. The maximum Gasteiger partial charge on any atom is 0.345 e. The van der Waals surface area contributed by atoms with E-state index in [1.807, 2.05) is 60.7 Å². The van der Waals surface area contributed by atoms with Crippen molar-refractivity contribution in [3.8, 4) is 5.88 Å². The molecule has 0 bridgehead atoms. The molecule has 0 fully saturated rings. The Bertz CT molecular complexity index is 886. The Hall–Kier alpha value is -3.15. The molecule has 23 heavy (non-hydrogen) atoms. The van der Waals surface area contributed by atoms with E-state index in [0.29, 0.717) is 0 Å². The summed E-state index contributed by atoms with van der Waals surface area (Å²) in [5.74, 6) is -0.121. The summed E-state index contributed by atoms with van der Waals surface area (Å²) in [6.45, 7) is 0.471. The molecule has 1 N–H and O–H groups in total. The van der Waals surface area contributed by atoms with Gasteiger partial charge in [0.2, 0.25) is 0 Å². The molecule has 0 aliphatic rings. The lowest BCUT2D eigenvalue weighted by molar-refractivity contribution is 0.277. The number of H-pyrrole nitrogens is 1. The number of hydrogen-bond acceptors (Lipinski definition) is 4. The van der Waals surface area contributed by atoms with Gasteiger partial charge in [0.25, 0.3) is 5.88 Å². The van der Waals surface area contributed by atoms with Gasteiger partial charge in [-0.2, -0.15) is 0 Å². The predicted molar refractivity (Wildman–Crippen MR) is 85.4 cm³/mol. The van der Waals surface area contributed by atoms with Crippen molar-refractivity contribution in [1.82, 2.24) is 14.8 Å². The lowest BCUT2D eigenvalue weighted by Crippen LogP contribution is -2.33. The first kappa shape index (κ1) is 14.8. The van der Waals surface area contributed by atoms with Crippen molar-refractivity contribution < 1.29 is 4.74 Å². The molecule has 3 rings (SSSR count). The number of ether oxygens (including phenoxy) is 1. The van der Waals surface area contributed by atoms with Crippen LogP contribution >= 0.6 is 0 Å². The van der Waals surface area contributed by atoms with Crippen molar-refractivity contribution >= 4 is 0 Å². The molecular weight excluding hydrogens is 294 g/mol. The minimum Gasteiger partial charge on any atom is -0.468 e. The number of aromatic amines is 1. The van der Waals surface area contributed by atoms with Crippen LogP contribution in [0.2, 0.25) is 0 Å².